The highest BCUT2D eigenvalue weighted by atomic mass is 16.5. The molecule has 1 fully saturated rings. The molecule has 82 heavy (non-hydrogen) atoms. The Labute approximate surface area is 490 Å². The second kappa shape index (κ2) is 29.7. The summed E-state index contributed by atoms with van der Waals surface area (Å²) in [5, 5.41) is 10.7. The van der Waals surface area contributed by atoms with E-state index in [-0.39, 0.29) is 55.2 Å². The van der Waals surface area contributed by atoms with Gasteiger partial charge in [0, 0.05) is 58.6 Å². The van der Waals surface area contributed by atoms with E-state index in [1.165, 1.54) is 57.6 Å². The molecule has 2 aromatic carbocycles. The molecular formula is C71H92N6O5. The van der Waals surface area contributed by atoms with Gasteiger partial charge in [-0.05, 0) is 130 Å². The number of allylic oxidation sites excluding steroid dienone is 11. The van der Waals surface area contributed by atoms with Crippen LogP contribution in [-0.2, 0) is 23.9 Å². The molecule has 436 valence electrons. The summed E-state index contributed by atoms with van der Waals surface area (Å²) in [6.45, 7) is 28.3. The lowest BCUT2D eigenvalue weighted by molar-refractivity contribution is -0.143. The van der Waals surface area contributed by atoms with E-state index in [4.69, 9.17) is 24.5 Å². The molecule has 0 spiro atoms. The van der Waals surface area contributed by atoms with Gasteiger partial charge in [0.15, 0.2) is 0 Å². The molecule has 0 aromatic heterocycles. The number of rotatable bonds is 27. The average molecular weight is 1110 g/mol. The number of hydrogen-bond acceptors (Lipinski definition) is 10. The number of hydrogen-bond donors (Lipinski definition) is 3. The Balaban J connectivity index is 1.22. The molecule has 5 aliphatic heterocycles. The molecule has 11 heteroatoms. The Morgan fingerprint density at radius 1 is 0.744 bits per heavy atom. The molecule has 11 nitrogen and oxygen atoms in total. The van der Waals surface area contributed by atoms with Crippen LogP contribution in [0.3, 0.4) is 0 Å². The smallest absolute Gasteiger partial charge is 0.310 e. The molecule has 5 aliphatic rings. The van der Waals surface area contributed by atoms with Crippen LogP contribution in [0.5, 0.6) is 0 Å². The predicted molar refractivity (Wildman–Crippen MR) is 337 cm³/mol. The molecule has 0 saturated carbocycles. The number of ether oxygens (including phenoxy) is 2. The van der Waals surface area contributed by atoms with Crippen molar-refractivity contribution < 1.29 is 23.9 Å². The highest BCUT2D eigenvalue weighted by Crippen LogP contribution is 2.43. The molecule has 3 N–H and O–H groups in total. The van der Waals surface area contributed by atoms with Crippen molar-refractivity contribution in [2.45, 2.75) is 172 Å². The first-order chi connectivity index (χ1) is 39.4. The van der Waals surface area contributed by atoms with Gasteiger partial charge in [-0.15, -0.1) is 0 Å². The maximum absolute atomic E-state index is 15.1. The van der Waals surface area contributed by atoms with Crippen molar-refractivity contribution >= 4 is 35.0 Å². The first-order valence-corrected chi connectivity index (χ1v) is 30.4. The zero-order valence-electron chi connectivity index (χ0n) is 51.3. The minimum Gasteiger partial charge on any atom is -0.469 e. The minimum absolute atomic E-state index is 0.00348. The summed E-state index contributed by atoms with van der Waals surface area (Å²) >= 11 is 0. The molecule has 2 aromatic rings. The molecule has 8 bridgehead atoms. The lowest BCUT2D eigenvalue weighted by Gasteiger charge is -2.21. The van der Waals surface area contributed by atoms with Crippen LogP contribution < -0.4 is 16.0 Å². The maximum atomic E-state index is 15.1. The molecule has 1 amide bonds. The summed E-state index contributed by atoms with van der Waals surface area (Å²) in [6.07, 6.45) is 24.1. The van der Waals surface area contributed by atoms with E-state index in [1.54, 1.807) is 0 Å². The second-order valence-electron chi connectivity index (χ2n) is 23.8. The SMILES string of the molecule is C=CC1=C(C)C2=NC1=CC1=NC(=C(CC)/C1=C\NC(C)c1ccccc1)C=C1N=C(C(CC(=O)OC)=C3NC(=C2)C(C)C3CCC(=O)OCC=C(C)CCCC(C)CCCC(C)CCCC(C)C)C(C(=O)NC(C)c2ccccc2)=C1C. The minimum atomic E-state index is -0.497. The van der Waals surface area contributed by atoms with Crippen molar-refractivity contribution in [3.63, 3.8) is 0 Å². The number of amides is 1. The monoisotopic (exact) mass is 1110 g/mol. The van der Waals surface area contributed by atoms with Crippen LogP contribution in [-0.4, -0.2) is 48.7 Å². The number of aliphatic imine (C=N–C) groups is 3. The first kappa shape index (κ1) is 62.5. The quantitative estimate of drug-likeness (QED) is 0.0597. The first-order valence-electron chi connectivity index (χ1n) is 30.4. The zero-order valence-corrected chi connectivity index (χ0v) is 51.3. The van der Waals surface area contributed by atoms with Crippen molar-refractivity contribution in [1.82, 2.24) is 16.0 Å². The van der Waals surface area contributed by atoms with Gasteiger partial charge in [-0.1, -0.05) is 165 Å². The summed E-state index contributed by atoms with van der Waals surface area (Å²) in [4.78, 5) is 58.7. The maximum Gasteiger partial charge on any atom is 0.310 e. The third-order valence-corrected chi connectivity index (χ3v) is 17.1. The standard InChI is InChI=1S/C71H92N6O5/c1-14-55-48(8)60-40-61-49(9)57(35-36-66(78)82-38-37-47(7)30-24-29-46(6)28-23-27-45(5)26-22-25-44(3)4)69(76-61)58(39-67(79)81-13)70-68(71(80)73-52(12)54-33-20-17-21-34-54)50(10)62(77-70)41-64-56(15-2)59(65(75-64)42-63(55)74-60)43-72-51(11)53-31-18-16-19-32-53/h14,16-21,31-34,37,40-46,49,51-52,57,72,76H,1,15,22-30,35-36,38-39H2,2-13H3,(H,73,80)/b47-37?,59-43+,61-40?,62-41?,63-42?,69-58?. The van der Waals surface area contributed by atoms with E-state index in [0.717, 1.165) is 80.9 Å². The van der Waals surface area contributed by atoms with Crippen LogP contribution in [0.2, 0.25) is 0 Å². The van der Waals surface area contributed by atoms with Gasteiger partial charge in [0.2, 0.25) is 0 Å². The van der Waals surface area contributed by atoms with Crippen molar-refractivity contribution in [3.05, 3.63) is 188 Å². The third kappa shape index (κ3) is 16.1. The number of nitrogens with one attached hydrogen (secondary N) is 3. The van der Waals surface area contributed by atoms with Gasteiger partial charge in [0.1, 0.15) is 6.61 Å². The van der Waals surface area contributed by atoms with Gasteiger partial charge >= 0.3 is 11.9 Å². The molecule has 1 saturated heterocycles. The van der Waals surface area contributed by atoms with E-state index >= 15 is 4.79 Å². The number of nitrogens with zero attached hydrogens (tertiary/aromatic N) is 3. The number of carbonyl (C=O) groups is 3. The average Bonchev–Trinajstić information content (AvgIpc) is 4.28. The van der Waals surface area contributed by atoms with Gasteiger partial charge in [-0.3, -0.25) is 14.4 Å². The summed E-state index contributed by atoms with van der Waals surface area (Å²) in [5.74, 6) is 0.642. The fourth-order valence-corrected chi connectivity index (χ4v) is 11.8. The Morgan fingerprint density at radius 3 is 2.02 bits per heavy atom. The van der Waals surface area contributed by atoms with E-state index in [0.29, 0.717) is 58.3 Å². The zero-order chi connectivity index (χ0) is 59.0. The van der Waals surface area contributed by atoms with Crippen LogP contribution in [0.4, 0.5) is 0 Å². The fourth-order valence-electron chi connectivity index (χ4n) is 11.8. The number of methoxy groups -OCH3 is 1. The van der Waals surface area contributed by atoms with Gasteiger partial charge in [-0.25, -0.2) is 15.0 Å². The topological polar surface area (TPSA) is 143 Å². The van der Waals surface area contributed by atoms with E-state index in [9.17, 15) is 9.59 Å². The molecular weight excluding hydrogens is 1020 g/mol. The normalized spacial score (nSPS) is 20.0. The van der Waals surface area contributed by atoms with Crippen LogP contribution in [0.1, 0.15) is 183 Å². The highest BCUT2D eigenvalue weighted by molar-refractivity contribution is 6.31. The lowest BCUT2D eigenvalue weighted by atomic mass is 9.84. The fraction of sp³-hybridized carbons (Fsp3) is 0.465. The second-order valence-corrected chi connectivity index (χ2v) is 23.8. The van der Waals surface area contributed by atoms with Crippen LogP contribution in [0.15, 0.2) is 192 Å². The molecule has 6 unspecified atom stereocenters. The summed E-state index contributed by atoms with van der Waals surface area (Å²) in [5.41, 5.74) is 13.9. The van der Waals surface area contributed by atoms with Crippen molar-refractivity contribution in [3.8, 4) is 0 Å². The van der Waals surface area contributed by atoms with Gasteiger partial charge < -0.3 is 25.4 Å². The number of carbonyl (C=O) groups excluding carboxylic acids is 3. The van der Waals surface area contributed by atoms with E-state index in [2.05, 4.69) is 96.1 Å². The summed E-state index contributed by atoms with van der Waals surface area (Å²) in [7, 11) is 1.37. The number of esters is 2. The van der Waals surface area contributed by atoms with Gasteiger partial charge in [0.25, 0.3) is 5.91 Å². The largest absolute Gasteiger partial charge is 0.469 e. The Bertz CT molecular complexity index is 3080. The molecule has 0 radical (unpaired) electrons. The lowest BCUT2D eigenvalue weighted by Crippen LogP contribution is -2.32. The third-order valence-electron chi connectivity index (χ3n) is 17.1. The van der Waals surface area contributed by atoms with Crippen LogP contribution in [0.25, 0.3) is 0 Å². The van der Waals surface area contributed by atoms with E-state index < -0.39 is 5.97 Å². The van der Waals surface area contributed by atoms with Gasteiger partial charge in [0.05, 0.1) is 59.4 Å². The molecule has 7 rings (SSSR count). The number of benzene rings is 2. The molecule has 0 aliphatic carbocycles. The van der Waals surface area contributed by atoms with Crippen LogP contribution in [0, 0.1) is 29.6 Å². The summed E-state index contributed by atoms with van der Waals surface area (Å²) in [6, 6.07) is 19.8. The Kier molecular flexibility index (Phi) is 22.6. The van der Waals surface area contributed by atoms with Gasteiger partial charge in [-0.2, -0.15) is 0 Å². The Hall–Kier alpha value is -7.14. The van der Waals surface area contributed by atoms with Crippen LogP contribution >= 0.6 is 0 Å². The number of fused-ring (bicyclic) bond motifs is 5. The van der Waals surface area contributed by atoms with Crippen molar-refractivity contribution in [1.29, 1.82) is 0 Å². The Morgan fingerprint density at radius 2 is 1.39 bits per heavy atom. The van der Waals surface area contributed by atoms with Crippen molar-refractivity contribution in [2.75, 3.05) is 13.7 Å². The summed E-state index contributed by atoms with van der Waals surface area (Å²) < 4.78 is 11.3. The predicted octanol–water partition coefficient (Wildman–Crippen LogP) is 16.0. The highest BCUT2D eigenvalue weighted by Gasteiger charge is 2.40. The molecule has 6 atom stereocenters. The van der Waals surface area contributed by atoms with Crippen molar-refractivity contribution in [2.24, 2.45) is 44.6 Å². The van der Waals surface area contributed by atoms with E-state index in [1.807, 2.05) is 99.8 Å². The molecule has 5 heterocycles.